The molecule has 3 fully saturated rings. The van der Waals surface area contributed by atoms with Gasteiger partial charge in [0.2, 0.25) is 10.0 Å². The molecule has 0 spiro atoms. The van der Waals surface area contributed by atoms with E-state index in [2.05, 4.69) is 10.2 Å². The van der Waals surface area contributed by atoms with Crippen LogP contribution < -0.4 is 5.32 Å². The largest absolute Gasteiger partial charge is 0.465 e. The Kier molecular flexibility index (Phi) is 13.6. The van der Waals surface area contributed by atoms with Crippen molar-refractivity contribution in [3.05, 3.63) is 35.9 Å². The van der Waals surface area contributed by atoms with E-state index in [1.54, 1.807) is 14.0 Å². The number of esters is 2. The van der Waals surface area contributed by atoms with Gasteiger partial charge in [-0.05, 0) is 75.8 Å². The van der Waals surface area contributed by atoms with Crippen molar-refractivity contribution in [2.24, 2.45) is 17.8 Å². The molecule has 0 unspecified atom stereocenters. The van der Waals surface area contributed by atoms with Crippen LogP contribution in [0.25, 0.3) is 0 Å². The van der Waals surface area contributed by atoms with Crippen LogP contribution in [0.5, 0.6) is 0 Å². The molecule has 40 heavy (non-hydrogen) atoms. The highest BCUT2D eigenvalue weighted by Gasteiger charge is 2.44. The second-order valence-corrected chi connectivity index (χ2v) is 13.0. The van der Waals surface area contributed by atoms with E-state index in [4.69, 9.17) is 9.47 Å². The molecule has 2 aliphatic heterocycles. The van der Waals surface area contributed by atoms with Gasteiger partial charge in [0.1, 0.15) is 12.1 Å². The predicted octanol–water partition coefficient (Wildman–Crippen LogP) is 3.26. The first-order valence-electron chi connectivity index (χ1n) is 14.0. The summed E-state index contributed by atoms with van der Waals surface area (Å²) in [5, 5.41) is 3.37. The molecule has 0 radical (unpaired) electrons. The van der Waals surface area contributed by atoms with Crippen molar-refractivity contribution < 1.29 is 27.5 Å². The molecule has 1 saturated carbocycles. The number of likely N-dealkylation sites (tertiary alicyclic amines) is 1. The van der Waals surface area contributed by atoms with Gasteiger partial charge < -0.3 is 14.8 Å². The summed E-state index contributed by atoms with van der Waals surface area (Å²) in [5.41, 5.74) is 0.746. The summed E-state index contributed by atoms with van der Waals surface area (Å²) in [4.78, 5) is 27.4. The summed E-state index contributed by atoms with van der Waals surface area (Å²) >= 11 is 0. The van der Waals surface area contributed by atoms with Crippen molar-refractivity contribution in [1.29, 1.82) is 0 Å². The van der Waals surface area contributed by atoms with Gasteiger partial charge >= 0.3 is 11.9 Å². The van der Waals surface area contributed by atoms with Crippen LogP contribution in [0.2, 0.25) is 0 Å². The maximum absolute atomic E-state index is 13.2. The Labute approximate surface area is 251 Å². The monoisotopic (exact) mass is 621 g/mol. The quantitative estimate of drug-likeness (QED) is 0.397. The lowest BCUT2D eigenvalue weighted by molar-refractivity contribution is -0.149. The minimum Gasteiger partial charge on any atom is -0.465 e. The first-order valence-corrected chi connectivity index (χ1v) is 15.6. The number of sulfonamides is 1. The highest BCUT2D eigenvalue weighted by molar-refractivity contribution is 7.88. The lowest BCUT2D eigenvalue weighted by Gasteiger charge is -2.43. The maximum Gasteiger partial charge on any atom is 0.323 e. The molecule has 6 atom stereocenters. The van der Waals surface area contributed by atoms with Crippen molar-refractivity contribution in [1.82, 2.24) is 14.5 Å². The van der Waals surface area contributed by atoms with Gasteiger partial charge in [0.05, 0.1) is 19.0 Å². The number of halogens is 2. The number of carbonyl (C=O) groups is 2. The zero-order valence-corrected chi connectivity index (χ0v) is 26.1. The van der Waals surface area contributed by atoms with E-state index >= 15 is 0 Å². The SMILES string of the molecule is CCOC(=O)[C@@H]1C[C@H]2C[C@@H](CN3C[C@@H](N(C)S(=O)(=O)Cc4ccccc4)C[C@H]3C(=O)OCC)CC[C@H]2CN1.Cl.Cl. The van der Waals surface area contributed by atoms with Crippen LogP contribution >= 0.6 is 24.8 Å². The number of hydrogen-bond acceptors (Lipinski definition) is 8. The molecule has 12 heteroatoms. The highest BCUT2D eigenvalue weighted by Crippen LogP contribution is 2.40. The lowest BCUT2D eigenvalue weighted by atomic mass is 9.69. The van der Waals surface area contributed by atoms with Gasteiger partial charge in [-0.3, -0.25) is 14.5 Å². The van der Waals surface area contributed by atoms with Gasteiger partial charge in [-0.15, -0.1) is 24.8 Å². The molecule has 0 bridgehead atoms. The highest BCUT2D eigenvalue weighted by atomic mass is 35.5. The van der Waals surface area contributed by atoms with Gasteiger partial charge in [-0.25, -0.2) is 12.7 Å². The molecule has 1 N–H and O–H groups in total. The minimum atomic E-state index is -3.55. The van der Waals surface area contributed by atoms with Crippen LogP contribution in [0.15, 0.2) is 30.3 Å². The number of rotatable bonds is 10. The van der Waals surface area contributed by atoms with E-state index in [0.29, 0.717) is 43.9 Å². The third kappa shape index (κ3) is 8.55. The summed E-state index contributed by atoms with van der Waals surface area (Å²) in [6.07, 6.45) is 4.36. The Hall–Kier alpha value is -1.43. The van der Waals surface area contributed by atoms with Gasteiger partial charge in [-0.1, -0.05) is 30.3 Å². The van der Waals surface area contributed by atoms with Crippen molar-refractivity contribution in [2.75, 3.05) is 39.9 Å². The zero-order valence-electron chi connectivity index (χ0n) is 23.7. The minimum absolute atomic E-state index is 0. The number of hydrogen-bond donors (Lipinski definition) is 1. The molecule has 2 saturated heterocycles. The summed E-state index contributed by atoms with van der Waals surface area (Å²) in [5.74, 6) is 0.876. The first-order chi connectivity index (χ1) is 18.2. The van der Waals surface area contributed by atoms with Crippen molar-refractivity contribution in [3.63, 3.8) is 0 Å². The third-order valence-electron chi connectivity index (χ3n) is 8.56. The van der Waals surface area contributed by atoms with Gasteiger partial charge in [0.25, 0.3) is 0 Å². The second-order valence-electron chi connectivity index (χ2n) is 11.0. The Bertz CT molecular complexity index is 1060. The smallest absolute Gasteiger partial charge is 0.323 e. The van der Waals surface area contributed by atoms with E-state index in [0.717, 1.165) is 44.3 Å². The van der Waals surface area contributed by atoms with Gasteiger partial charge in [0, 0.05) is 26.2 Å². The number of nitrogens with zero attached hydrogens (tertiary/aromatic N) is 2. The van der Waals surface area contributed by atoms with Crippen LogP contribution in [0.3, 0.4) is 0 Å². The normalized spacial score (nSPS) is 28.6. The van der Waals surface area contributed by atoms with Gasteiger partial charge in [-0.2, -0.15) is 0 Å². The first kappa shape index (κ1) is 34.8. The fraction of sp³-hybridized carbons (Fsp3) is 0.714. The number of carbonyl (C=O) groups excluding carboxylic acids is 2. The van der Waals surface area contributed by atoms with E-state index in [9.17, 15) is 18.0 Å². The molecule has 0 aromatic heterocycles. The fourth-order valence-corrected chi connectivity index (χ4v) is 7.95. The standard InChI is InChI=1S/C28H43N3O6S.2ClH/c1-4-36-27(32)25-14-23-13-21(11-12-22(23)16-29-25)17-31-18-24(15-26(31)28(33)37-5-2)30(3)38(34,35)19-20-9-7-6-8-10-20;;/h6-10,21-26,29H,4-5,11-19H2,1-3H3;2*1H/t21-,22-,23+,24-,25-,26-;;/m0../s1. The van der Waals surface area contributed by atoms with Crippen molar-refractivity contribution in [2.45, 2.75) is 69.8 Å². The van der Waals surface area contributed by atoms with E-state index in [1.807, 2.05) is 37.3 Å². The molecule has 2 heterocycles. The molecule has 9 nitrogen and oxygen atoms in total. The molecular weight excluding hydrogens is 577 g/mol. The van der Waals surface area contributed by atoms with Crippen molar-refractivity contribution in [3.8, 4) is 0 Å². The summed E-state index contributed by atoms with van der Waals surface area (Å²) in [6.45, 7) is 6.37. The van der Waals surface area contributed by atoms with E-state index in [1.165, 1.54) is 4.31 Å². The Morgan fingerprint density at radius 3 is 2.33 bits per heavy atom. The summed E-state index contributed by atoms with van der Waals surface area (Å²) in [6, 6.07) is 8.19. The molecule has 1 aromatic rings. The number of likely N-dealkylation sites (N-methyl/N-ethyl adjacent to an activating group) is 1. The Morgan fingerprint density at radius 2 is 1.65 bits per heavy atom. The lowest BCUT2D eigenvalue weighted by Crippen LogP contribution is -2.51. The summed E-state index contributed by atoms with van der Waals surface area (Å²) in [7, 11) is -1.92. The molecule has 3 aliphatic rings. The maximum atomic E-state index is 13.2. The number of nitrogens with one attached hydrogen (secondary N) is 1. The molecule has 0 amide bonds. The van der Waals surface area contributed by atoms with E-state index < -0.39 is 16.1 Å². The zero-order chi connectivity index (χ0) is 27.3. The molecule has 1 aliphatic carbocycles. The van der Waals surface area contributed by atoms with Crippen LogP contribution in [-0.2, 0) is 34.8 Å². The number of ether oxygens (including phenoxy) is 2. The molecule has 4 rings (SSSR count). The third-order valence-corrected chi connectivity index (χ3v) is 10.4. The number of benzene rings is 1. The van der Waals surface area contributed by atoms with Crippen LogP contribution in [0, 0.1) is 17.8 Å². The summed E-state index contributed by atoms with van der Waals surface area (Å²) < 4.78 is 38.5. The molecule has 1 aromatic carbocycles. The number of piperidine rings is 1. The van der Waals surface area contributed by atoms with Crippen molar-refractivity contribution >= 4 is 46.8 Å². The second kappa shape index (κ2) is 15.7. The van der Waals surface area contributed by atoms with Crippen LogP contribution in [0.4, 0.5) is 0 Å². The van der Waals surface area contributed by atoms with E-state index in [-0.39, 0.29) is 54.6 Å². The predicted molar refractivity (Wildman–Crippen MR) is 159 cm³/mol. The van der Waals surface area contributed by atoms with Gasteiger partial charge in [0.15, 0.2) is 0 Å². The Morgan fingerprint density at radius 1 is 0.975 bits per heavy atom. The van der Waals surface area contributed by atoms with Crippen LogP contribution in [0.1, 0.15) is 51.5 Å². The number of fused-ring (bicyclic) bond motifs is 1. The molecular formula is C28H45Cl2N3O6S. The molecule has 228 valence electrons. The average Bonchev–Trinajstić information content (AvgIpc) is 3.32. The Balaban J connectivity index is 0.00000280. The average molecular weight is 623 g/mol. The topological polar surface area (TPSA) is 105 Å². The fourth-order valence-electron chi connectivity index (χ4n) is 6.52. The van der Waals surface area contributed by atoms with Crippen LogP contribution in [-0.4, -0.2) is 87.6 Å².